The van der Waals surface area contributed by atoms with Gasteiger partial charge in [0.25, 0.3) is 0 Å². The molecule has 5 nitrogen and oxygen atoms in total. The molecule has 0 saturated heterocycles. The Bertz CT molecular complexity index is 885. The number of halogens is 1. The van der Waals surface area contributed by atoms with E-state index in [9.17, 15) is 19.4 Å². The van der Waals surface area contributed by atoms with E-state index in [1.165, 1.54) is 12.1 Å². The van der Waals surface area contributed by atoms with E-state index in [2.05, 4.69) is 30.9 Å². The van der Waals surface area contributed by atoms with E-state index in [1.807, 2.05) is 18.2 Å². The van der Waals surface area contributed by atoms with E-state index in [-0.39, 0.29) is 30.2 Å². The maximum atomic E-state index is 13.5. The lowest BCUT2D eigenvalue weighted by Gasteiger charge is -2.33. The third-order valence-electron chi connectivity index (χ3n) is 5.43. The molecule has 0 spiro atoms. The van der Waals surface area contributed by atoms with Gasteiger partial charge in [0.1, 0.15) is 5.82 Å². The Labute approximate surface area is 176 Å². The predicted molar refractivity (Wildman–Crippen MR) is 114 cm³/mol. The van der Waals surface area contributed by atoms with Gasteiger partial charge < -0.3 is 20.2 Å². The first-order valence-corrected chi connectivity index (χ1v) is 10.2. The number of carboxylic acids is 1. The van der Waals surface area contributed by atoms with Crippen molar-refractivity contribution in [2.45, 2.75) is 51.0 Å². The Hall–Kier alpha value is -2.70. The van der Waals surface area contributed by atoms with Crippen molar-refractivity contribution in [2.24, 2.45) is 5.92 Å². The van der Waals surface area contributed by atoms with Crippen LogP contribution in [0.4, 0.5) is 4.39 Å². The molecule has 0 aromatic heterocycles. The number of fused-ring (bicyclic) bond motifs is 1. The molecule has 1 aromatic carbocycles. The maximum Gasteiger partial charge on any atom is 0.305 e. The fourth-order valence-electron chi connectivity index (χ4n) is 4.21. The van der Waals surface area contributed by atoms with Crippen LogP contribution < -0.4 is 0 Å². The lowest BCUT2D eigenvalue weighted by atomic mass is 9.86. The molecule has 0 fully saturated rings. The lowest BCUT2D eigenvalue weighted by Crippen LogP contribution is -2.37. The monoisotopic (exact) mass is 413 g/mol. The molecule has 30 heavy (non-hydrogen) atoms. The summed E-state index contributed by atoms with van der Waals surface area (Å²) in [6.07, 6.45) is 9.14. The van der Waals surface area contributed by atoms with E-state index < -0.39 is 24.6 Å². The molecule has 3 N–H and O–H groups in total. The minimum atomic E-state index is -1.12. The number of benzene rings is 1. The van der Waals surface area contributed by atoms with Crippen molar-refractivity contribution < 1.29 is 24.5 Å². The highest BCUT2D eigenvalue weighted by Gasteiger charge is 2.39. The molecule has 1 aromatic rings. The van der Waals surface area contributed by atoms with E-state index in [1.54, 1.807) is 18.2 Å². The molecule has 160 valence electrons. The summed E-state index contributed by atoms with van der Waals surface area (Å²) in [6.45, 7) is 4.19. The minimum absolute atomic E-state index is 0.0592. The van der Waals surface area contributed by atoms with Crippen molar-refractivity contribution in [2.75, 3.05) is 0 Å². The van der Waals surface area contributed by atoms with Gasteiger partial charge >= 0.3 is 5.97 Å². The second-order valence-electron chi connectivity index (χ2n) is 8.01. The van der Waals surface area contributed by atoms with Gasteiger partial charge in [0.15, 0.2) is 0 Å². The van der Waals surface area contributed by atoms with Crippen molar-refractivity contribution in [3.63, 3.8) is 0 Å². The average molecular weight is 413 g/mol. The van der Waals surface area contributed by atoms with Crippen LogP contribution in [0.2, 0.25) is 0 Å². The molecule has 1 aliphatic heterocycles. The van der Waals surface area contributed by atoms with Gasteiger partial charge in [0.05, 0.1) is 24.7 Å². The zero-order valence-corrected chi connectivity index (χ0v) is 17.1. The largest absolute Gasteiger partial charge is 0.481 e. The summed E-state index contributed by atoms with van der Waals surface area (Å²) < 4.78 is 13.5. The number of nitrogens with zero attached hydrogens (tertiary/aromatic N) is 1. The molecule has 2 unspecified atom stereocenters. The standard InChI is InChI=1S/C24H28FNO4/c1-15(2)26-21-6-4-3-5-20(21)24(16-7-9-17(25)10-8-16)22(26)12-11-18(27)13-19(28)14-23(29)30/h3-12,15,18-21,27-28H,13-14H2,1-2H3,(H,29,30)/b12-11+/t18-,19-,20?,21?/m0/s1. The predicted octanol–water partition coefficient (Wildman–Crippen LogP) is 3.51. The number of rotatable bonds is 8. The van der Waals surface area contributed by atoms with E-state index in [0.29, 0.717) is 0 Å². The van der Waals surface area contributed by atoms with Gasteiger partial charge in [0.2, 0.25) is 0 Å². The number of carboxylic acid groups (broad SMARTS) is 1. The van der Waals surface area contributed by atoms with Crippen molar-refractivity contribution in [3.8, 4) is 0 Å². The second kappa shape index (κ2) is 9.41. The Balaban J connectivity index is 1.97. The van der Waals surface area contributed by atoms with Crippen LogP contribution in [0, 0.1) is 11.7 Å². The molecular formula is C24H28FNO4. The van der Waals surface area contributed by atoms with Gasteiger partial charge in [-0.3, -0.25) is 4.79 Å². The number of aliphatic carboxylic acids is 1. The van der Waals surface area contributed by atoms with E-state index >= 15 is 0 Å². The van der Waals surface area contributed by atoms with E-state index in [4.69, 9.17) is 5.11 Å². The van der Waals surface area contributed by atoms with E-state index in [0.717, 1.165) is 16.8 Å². The van der Waals surface area contributed by atoms with Gasteiger partial charge in [0, 0.05) is 24.1 Å². The summed E-state index contributed by atoms with van der Waals surface area (Å²) >= 11 is 0. The minimum Gasteiger partial charge on any atom is -0.481 e. The fraction of sp³-hybridized carbons (Fsp3) is 0.375. The molecule has 1 heterocycles. The van der Waals surface area contributed by atoms with Gasteiger partial charge in [-0.05, 0) is 43.2 Å². The molecule has 3 rings (SSSR count). The Morgan fingerprint density at radius 1 is 1.17 bits per heavy atom. The van der Waals surface area contributed by atoms with Crippen LogP contribution in [0.15, 0.2) is 66.4 Å². The average Bonchev–Trinajstić information content (AvgIpc) is 3.00. The van der Waals surface area contributed by atoms with Crippen LogP contribution >= 0.6 is 0 Å². The lowest BCUT2D eigenvalue weighted by molar-refractivity contribution is -0.139. The summed E-state index contributed by atoms with van der Waals surface area (Å²) in [4.78, 5) is 13.0. The molecule has 6 heteroatoms. The third-order valence-corrected chi connectivity index (χ3v) is 5.43. The molecule has 0 radical (unpaired) electrons. The topological polar surface area (TPSA) is 81.0 Å². The van der Waals surface area contributed by atoms with Crippen LogP contribution in [0.1, 0.15) is 32.3 Å². The maximum absolute atomic E-state index is 13.5. The number of hydrogen-bond donors (Lipinski definition) is 3. The summed E-state index contributed by atoms with van der Waals surface area (Å²) in [5.74, 6) is -1.31. The number of aliphatic hydroxyl groups excluding tert-OH is 2. The first-order valence-electron chi connectivity index (χ1n) is 10.2. The summed E-state index contributed by atoms with van der Waals surface area (Å²) in [5, 5.41) is 28.9. The number of carbonyl (C=O) groups is 1. The molecule has 2 aliphatic rings. The fourth-order valence-corrected chi connectivity index (χ4v) is 4.21. The van der Waals surface area contributed by atoms with Crippen molar-refractivity contribution >= 4 is 11.5 Å². The quantitative estimate of drug-likeness (QED) is 0.608. The van der Waals surface area contributed by atoms with Crippen LogP contribution in [0.25, 0.3) is 5.57 Å². The number of allylic oxidation sites excluding steroid dienone is 3. The summed E-state index contributed by atoms with van der Waals surface area (Å²) in [6, 6.07) is 6.70. The van der Waals surface area contributed by atoms with Gasteiger partial charge in [-0.2, -0.15) is 0 Å². The molecule has 1 aliphatic carbocycles. The highest BCUT2D eigenvalue weighted by atomic mass is 19.1. The molecule has 0 saturated carbocycles. The van der Waals surface area contributed by atoms with Gasteiger partial charge in [-0.25, -0.2) is 4.39 Å². The molecule has 4 atom stereocenters. The Morgan fingerprint density at radius 3 is 2.47 bits per heavy atom. The molecule has 0 amide bonds. The molecular weight excluding hydrogens is 385 g/mol. The first-order chi connectivity index (χ1) is 14.3. The highest BCUT2D eigenvalue weighted by Crippen LogP contribution is 2.44. The zero-order chi connectivity index (χ0) is 21.8. The van der Waals surface area contributed by atoms with Gasteiger partial charge in [-0.15, -0.1) is 0 Å². The zero-order valence-electron chi connectivity index (χ0n) is 17.1. The number of aliphatic hydroxyl groups is 2. The summed E-state index contributed by atoms with van der Waals surface area (Å²) in [7, 11) is 0. The van der Waals surface area contributed by atoms with Crippen LogP contribution in [-0.4, -0.2) is 50.5 Å². The van der Waals surface area contributed by atoms with Crippen molar-refractivity contribution in [3.05, 3.63) is 77.8 Å². The van der Waals surface area contributed by atoms with Crippen LogP contribution in [0.5, 0.6) is 0 Å². The van der Waals surface area contributed by atoms with Crippen molar-refractivity contribution in [1.29, 1.82) is 0 Å². The van der Waals surface area contributed by atoms with Crippen LogP contribution in [0.3, 0.4) is 0 Å². The Kier molecular flexibility index (Phi) is 6.90. The van der Waals surface area contributed by atoms with Crippen molar-refractivity contribution in [1.82, 2.24) is 4.90 Å². The first kappa shape index (κ1) is 22.0. The normalized spacial score (nSPS) is 22.8. The summed E-state index contributed by atoms with van der Waals surface area (Å²) in [5.41, 5.74) is 2.88. The van der Waals surface area contributed by atoms with Crippen LogP contribution in [-0.2, 0) is 4.79 Å². The number of hydrogen-bond acceptors (Lipinski definition) is 4. The Morgan fingerprint density at radius 2 is 1.83 bits per heavy atom. The molecule has 0 bridgehead atoms. The second-order valence-corrected chi connectivity index (χ2v) is 8.01. The third kappa shape index (κ3) is 4.89. The van der Waals surface area contributed by atoms with Gasteiger partial charge in [-0.1, -0.05) is 42.5 Å². The SMILES string of the molecule is CC(C)N1C(/C=C/[C@H](O)C[C@H](O)CC(=O)O)=C(c2ccc(F)cc2)C2C=CC=CC21. The highest BCUT2D eigenvalue weighted by molar-refractivity contribution is 5.77. The smallest absolute Gasteiger partial charge is 0.305 e.